The van der Waals surface area contributed by atoms with Crippen LogP contribution in [0.2, 0.25) is 0 Å². The van der Waals surface area contributed by atoms with Gasteiger partial charge in [0.1, 0.15) is 11.4 Å². The van der Waals surface area contributed by atoms with E-state index >= 15 is 0 Å². The molecule has 2 N–H and O–H groups in total. The molecule has 1 atom stereocenters. The average Bonchev–Trinajstić information content (AvgIpc) is 2.30. The van der Waals surface area contributed by atoms with Gasteiger partial charge < -0.3 is 10.1 Å². The highest BCUT2D eigenvalue weighted by Gasteiger charge is 2.14. The van der Waals surface area contributed by atoms with Crippen molar-refractivity contribution in [2.24, 2.45) is 0 Å². The van der Waals surface area contributed by atoms with E-state index in [0.29, 0.717) is 5.56 Å². The van der Waals surface area contributed by atoms with E-state index in [1.165, 1.54) is 0 Å². The normalized spacial score (nSPS) is 12.4. The van der Waals surface area contributed by atoms with Gasteiger partial charge in [0.15, 0.2) is 0 Å². The predicted octanol–water partition coefficient (Wildman–Crippen LogP) is 3.20. The molecule has 0 amide bonds. The fraction of sp³-hybridized carbons (Fsp3) is 0.167. The monoisotopic (exact) mass is 328 g/mol. The molecule has 94 valence electrons. The molecule has 2 rings (SSSR count). The maximum atomic E-state index is 11.9. The van der Waals surface area contributed by atoms with Gasteiger partial charge in [-0.05, 0) is 24.6 Å². The number of aromatic hydroxyl groups is 1. The SMILES string of the molecule is CC(Cl)c1nc(O)c(-c2ccc(Br)cc2)c(=O)[nH]1. The van der Waals surface area contributed by atoms with Crippen molar-refractivity contribution in [3.05, 3.63) is 44.9 Å². The van der Waals surface area contributed by atoms with Gasteiger partial charge in [-0.1, -0.05) is 28.1 Å². The lowest BCUT2D eigenvalue weighted by atomic mass is 10.1. The van der Waals surface area contributed by atoms with E-state index in [1.807, 2.05) is 0 Å². The van der Waals surface area contributed by atoms with E-state index in [1.54, 1.807) is 31.2 Å². The van der Waals surface area contributed by atoms with E-state index < -0.39 is 10.9 Å². The second kappa shape index (κ2) is 5.12. The molecule has 0 saturated carbocycles. The fourth-order valence-corrected chi connectivity index (χ4v) is 1.91. The Balaban J connectivity index is 2.59. The molecule has 0 aliphatic heterocycles. The summed E-state index contributed by atoms with van der Waals surface area (Å²) in [5.74, 6) is -0.0661. The number of aromatic nitrogens is 2. The lowest BCUT2D eigenvalue weighted by Crippen LogP contribution is -2.14. The largest absolute Gasteiger partial charge is 0.493 e. The summed E-state index contributed by atoms with van der Waals surface area (Å²) in [6.45, 7) is 1.67. The molecular weight excluding hydrogens is 320 g/mol. The van der Waals surface area contributed by atoms with Crippen molar-refractivity contribution in [2.75, 3.05) is 0 Å². The van der Waals surface area contributed by atoms with Crippen molar-refractivity contribution in [2.45, 2.75) is 12.3 Å². The van der Waals surface area contributed by atoms with Gasteiger partial charge in [-0.3, -0.25) is 4.79 Å². The summed E-state index contributed by atoms with van der Waals surface area (Å²) in [5.41, 5.74) is 0.328. The highest BCUT2D eigenvalue weighted by atomic mass is 79.9. The van der Waals surface area contributed by atoms with Crippen LogP contribution < -0.4 is 5.56 Å². The van der Waals surface area contributed by atoms with Crippen LogP contribution >= 0.6 is 27.5 Å². The summed E-state index contributed by atoms with van der Waals surface area (Å²) in [4.78, 5) is 18.4. The standard InChI is InChI=1S/C12H10BrClN2O2/c1-6(14)10-15-11(17)9(12(18)16-10)7-2-4-8(13)5-3-7/h2-6H,1H3,(H2,15,16,17,18). The summed E-state index contributed by atoms with van der Waals surface area (Å²) in [7, 11) is 0. The van der Waals surface area contributed by atoms with Crippen molar-refractivity contribution >= 4 is 27.5 Å². The Hall–Kier alpha value is -1.33. The van der Waals surface area contributed by atoms with E-state index in [9.17, 15) is 9.90 Å². The Bertz CT molecular complexity index is 623. The fourth-order valence-electron chi connectivity index (χ4n) is 1.54. The molecule has 1 aromatic heterocycles. The van der Waals surface area contributed by atoms with Crippen molar-refractivity contribution in [1.82, 2.24) is 9.97 Å². The number of aromatic amines is 1. The zero-order valence-electron chi connectivity index (χ0n) is 9.45. The van der Waals surface area contributed by atoms with Crippen LogP contribution in [0.25, 0.3) is 11.1 Å². The van der Waals surface area contributed by atoms with Gasteiger partial charge in [0, 0.05) is 4.47 Å². The van der Waals surface area contributed by atoms with Crippen molar-refractivity contribution in [3.63, 3.8) is 0 Å². The maximum Gasteiger partial charge on any atom is 0.262 e. The third kappa shape index (κ3) is 2.57. The molecule has 4 nitrogen and oxygen atoms in total. The molecule has 1 unspecified atom stereocenters. The summed E-state index contributed by atoms with van der Waals surface area (Å²) in [6.07, 6.45) is 0. The predicted molar refractivity (Wildman–Crippen MR) is 73.9 cm³/mol. The topological polar surface area (TPSA) is 66.0 Å². The third-order valence-electron chi connectivity index (χ3n) is 2.43. The molecule has 1 heterocycles. The van der Waals surface area contributed by atoms with Crippen LogP contribution in [0, 0.1) is 0 Å². The van der Waals surface area contributed by atoms with Gasteiger partial charge in [-0.25, -0.2) is 0 Å². The lowest BCUT2D eigenvalue weighted by Gasteiger charge is -2.07. The molecule has 0 aliphatic rings. The van der Waals surface area contributed by atoms with Gasteiger partial charge in [0.25, 0.3) is 5.56 Å². The molecule has 6 heteroatoms. The number of alkyl halides is 1. The van der Waals surface area contributed by atoms with E-state index in [4.69, 9.17) is 11.6 Å². The zero-order chi connectivity index (χ0) is 13.3. The molecule has 0 bridgehead atoms. The van der Waals surface area contributed by atoms with E-state index in [0.717, 1.165) is 4.47 Å². The van der Waals surface area contributed by atoms with Crippen LogP contribution in [0.3, 0.4) is 0 Å². The van der Waals surface area contributed by atoms with Gasteiger partial charge in [0.05, 0.1) is 5.38 Å². The number of H-pyrrole nitrogens is 1. The number of hydrogen-bond acceptors (Lipinski definition) is 3. The second-order valence-electron chi connectivity index (χ2n) is 3.77. The first-order chi connectivity index (χ1) is 8.49. The summed E-state index contributed by atoms with van der Waals surface area (Å²) < 4.78 is 0.890. The number of hydrogen-bond donors (Lipinski definition) is 2. The van der Waals surface area contributed by atoms with Gasteiger partial charge >= 0.3 is 0 Å². The van der Waals surface area contributed by atoms with Crippen molar-refractivity contribution in [1.29, 1.82) is 0 Å². The average molecular weight is 330 g/mol. The third-order valence-corrected chi connectivity index (χ3v) is 3.16. The molecule has 0 spiro atoms. The Morgan fingerprint density at radius 3 is 2.50 bits per heavy atom. The minimum absolute atomic E-state index is 0.142. The first kappa shape index (κ1) is 13.1. The molecule has 0 radical (unpaired) electrons. The van der Waals surface area contributed by atoms with E-state index in [2.05, 4.69) is 25.9 Å². The number of nitrogens with zero attached hydrogens (tertiary/aromatic N) is 1. The highest BCUT2D eigenvalue weighted by Crippen LogP contribution is 2.26. The lowest BCUT2D eigenvalue weighted by molar-refractivity contribution is 0.450. The van der Waals surface area contributed by atoms with Crippen LogP contribution in [-0.4, -0.2) is 15.1 Å². The highest BCUT2D eigenvalue weighted by molar-refractivity contribution is 9.10. The van der Waals surface area contributed by atoms with Crippen LogP contribution in [0.5, 0.6) is 5.88 Å². The Morgan fingerprint density at radius 1 is 1.39 bits per heavy atom. The first-order valence-corrected chi connectivity index (χ1v) is 6.45. The summed E-state index contributed by atoms with van der Waals surface area (Å²) >= 11 is 9.12. The number of halogens is 2. The molecule has 0 saturated heterocycles. The number of benzene rings is 1. The van der Waals surface area contributed by atoms with Crippen LogP contribution in [0.4, 0.5) is 0 Å². The van der Waals surface area contributed by atoms with Crippen molar-refractivity contribution in [3.8, 4) is 17.0 Å². The Morgan fingerprint density at radius 2 is 2.00 bits per heavy atom. The Kier molecular flexibility index (Phi) is 3.73. The van der Waals surface area contributed by atoms with Gasteiger partial charge in [-0.2, -0.15) is 4.98 Å². The maximum absolute atomic E-state index is 11.9. The quantitative estimate of drug-likeness (QED) is 0.832. The minimum atomic E-state index is -0.470. The van der Waals surface area contributed by atoms with Crippen LogP contribution in [0.1, 0.15) is 18.1 Å². The van der Waals surface area contributed by atoms with Crippen LogP contribution in [0.15, 0.2) is 33.5 Å². The van der Waals surface area contributed by atoms with Crippen LogP contribution in [-0.2, 0) is 0 Å². The molecule has 0 fully saturated rings. The van der Waals surface area contributed by atoms with Gasteiger partial charge in [-0.15, -0.1) is 11.6 Å². The number of rotatable bonds is 2. The molecule has 18 heavy (non-hydrogen) atoms. The zero-order valence-corrected chi connectivity index (χ0v) is 11.8. The molecule has 1 aromatic carbocycles. The molecule has 0 aliphatic carbocycles. The van der Waals surface area contributed by atoms with E-state index in [-0.39, 0.29) is 17.3 Å². The molecule has 2 aromatic rings. The van der Waals surface area contributed by atoms with Gasteiger partial charge in [0.2, 0.25) is 5.88 Å². The minimum Gasteiger partial charge on any atom is -0.493 e. The molecular formula is C12H10BrClN2O2. The smallest absolute Gasteiger partial charge is 0.262 e. The second-order valence-corrected chi connectivity index (χ2v) is 5.34. The summed E-state index contributed by atoms with van der Waals surface area (Å²) in [5, 5.41) is 9.37. The van der Waals surface area contributed by atoms with Crippen molar-refractivity contribution < 1.29 is 5.11 Å². The Labute approximate surface area is 117 Å². The summed E-state index contributed by atoms with van der Waals surface area (Å²) in [6, 6.07) is 7.01. The first-order valence-electron chi connectivity index (χ1n) is 5.22. The number of nitrogens with one attached hydrogen (secondary N) is 1.